The second-order valence-corrected chi connectivity index (χ2v) is 7.57. The monoisotopic (exact) mass is 418 g/mol. The lowest BCUT2D eigenvalue weighted by Gasteiger charge is -2.12. The molecule has 0 radical (unpaired) electrons. The third-order valence-corrected chi connectivity index (χ3v) is 5.24. The minimum Gasteiger partial charge on any atom is -0.356 e. The third-order valence-electron chi connectivity index (χ3n) is 4.08. The summed E-state index contributed by atoms with van der Waals surface area (Å²) in [6.45, 7) is 1.35. The number of carbonyl (C=O) groups excluding carboxylic acids is 3. The molecule has 0 unspecified atom stereocenters. The molecule has 0 saturated carbocycles. The van der Waals surface area contributed by atoms with Crippen LogP contribution < -0.4 is 5.32 Å². The predicted octanol–water partition coefficient (Wildman–Crippen LogP) is 3.17. The Labute approximate surface area is 171 Å². The molecule has 1 aliphatic rings. The lowest BCUT2D eigenvalue weighted by molar-refractivity contribution is -0.124. The van der Waals surface area contributed by atoms with E-state index in [-0.39, 0.29) is 30.0 Å². The van der Waals surface area contributed by atoms with Crippen LogP contribution in [-0.4, -0.2) is 44.6 Å². The number of thioether (sulfide) groups is 1. The van der Waals surface area contributed by atoms with Crippen LogP contribution in [0.3, 0.4) is 0 Å². The highest BCUT2D eigenvalue weighted by molar-refractivity contribution is 8.18. The highest BCUT2D eigenvalue weighted by atomic mass is 35.5. The Hall–Kier alpha value is -2.58. The number of nitrogens with zero attached hydrogens (tertiary/aromatic N) is 3. The summed E-state index contributed by atoms with van der Waals surface area (Å²) in [4.78, 5) is 41.9. The number of aromatic nitrogens is 2. The molecule has 28 heavy (non-hydrogen) atoms. The van der Waals surface area contributed by atoms with Gasteiger partial charge >= 0.3 is 0 Å². The molecule has 2 aromatic rings. The largest absolute Gasteiger partial charge is 0.356 e. The van der Waals surface area contributed by atoms with E-state index >= 15 is 0 Å². The topological polar surface area (TPSA) is 84.3 Å². The Morgan fingerprint density at radius 1 is 1.21 bits per heavy atom. The van der Waals surface area contributed by atoms with E-state index in [1.165, 1.54) is 0 Å². The number of amides is 3. The zero-order valence-corrected chi connectivity index (χ0v) is 16.6. The first-order valence-electron chi connectivity index (χ1n) is 8.76. The number of nitrogens with one attached hydrogen (secondary N) is 1. The number of halogens is 1. The zero-order valence-electron chi connectivity index (χ0n) is 15.0. The molecule has 1 fully saturated rings. The number of imide groups is 1. The maximum Gasteiger partial charge on any atom is 0.293 e. The summed E-state index contributed by atoms with van der Waals surface area (Å²) in [7, 11) is 0. The Kier molecular flexibility index (Phi) is 6.89. The van der Waals surface area contributed by atoms with Crippen LogP contribution in [0.25, 0.3) is 6.08 Å². The van der Waals surface area contributed by atoms with Crippen molar-refractivity contribution < 1.29 is 14.4 Å². The standard InChI is InChI=1S/C19H19ClN4O3S/c20-15-4-2-14(3-5-15)12-16-18(26)24(19(27)28-16)10-6-17(25)22-7-1-9-23-11-8-21-13-23/h2-5,8,11-13H,1,6-7,9-10H2,(H,22,25). The van der Waals surface area contributed by atoms with Crippen molar-refractivity contribution in [1.82, 2.24) is 19.8 Å². The second-order valence-electron chi connectivity index (χ2n) is 6.14. The first-order chi connectivity index (χ1) is 13.5. The summed E-state index contributed by atoms with van der Waals surface area (Å²) in [6, 6.07) is 6.98. The molecule has 1 N–H and O–H groups in total. The molecular weight excluding hydrogens is 400 g/mol. The van der Waals surface area contributed by atoms with Crippen molar-refractivity contribution in [3.05, 3.63) is 58.5 Å². The van der Waals surface area contributed by atoms with Crippen LogP contribution in [0.15, 0.2) is 47.9 Å². The number of benzene rings is 1. The van der Waals surface area contributed by atoms with Crippen LogP contribution in [0.5, 0.6) is 0 Å². The van der Waals surface area contributed by atoms with Gasteiger partial charge in [0.25, 0.3) is 11.1 Å². The van der Waals surface area contributed by atoms with E-state index in [4.69, 9.17) is 11.6 Å². The number of carbonyl (C=O) groups is 3. The van der Waals surface area contributed by atoms with E-state index < -0.39 is 0 Å². The minimum absolute atomic E-state index is 0.0655. The molecule has 3 amide bonds. The lowest BCUT2D eigenvalue weighted by atomic mass is 10.2. The highest BCUT2D eigenvalue weighted by Gasteiger charge is 2.34. The van der Waals surface area contributed by atoms with Gasteiger partial charge < -0.3 is 9.88 Å². The van der Waals surface area contributed by atoms with Gasteiger partial charge in [-0.3, -0.25) is 19.3 Å². The Balaban J connectivity index is 1.44. The van der Waals surface area contributed by atoms with Crippen molar-refractivity contribution >= 4 is 46.5 Å². The first kappa shape index (κ1) is 20.2. The van der Waals surface area contributed by atoms with E-state index in [2.05, 4.69) is 10.3 Å². The van der Waals surface area contributed by atoms with E-state index in [0.29, 0.717) is 16.5 Å². The fraction of sp³-hybridized carbons (Fsp3) is 0.263. The molecule has 0 aliphatic carbocycles. The van der Waals surface area contributed by atoms with Crippen LogP contribution in [-0.2, 0) is 16.1 Å². The van der Waals surface area contributed by atoms with Crippen molar-refractivity contribution in [1.29, 1.82) is 0 Å². The number of hydrogen-bond donors (Lipinski definition) is 1. The maximum absolute atomic E-state index is 12.4. The minimum atomic E-state index is -0.377. The van der Waals surface area contributed by atoms with Crippen LogP contribution in [0.4, 0.5) is 4.79 Å². The van der Waals surface area contributed by atoms with Gasteiger partial charge in [-0.15, -0.1) is 0 Å². The predicted molar refractivity (Wildman–Crippen MR) is 109 cm³/mol. The molecule has 3 rings (SSSR count). The quantitative estimate of drug-likeness (QED) is 0.525. The molecule has 1 saturated heterocycles. The molecule has 0 atom stereocenters. The first-order valence-corrected chi connectivity index (χ1v) is 9.96. The van der Waals surface area contributed by atoms with Gasteiger partial charge in [0.05, 0.1) is 11.2 Å². The normalized spacial score (nSPS) is 15.5. The van der Waals surface area contributed by atoms with Crippen molar-refractivity contribution in [3.8, 4) is 0 Å². The summed E-state index contributed by atoms with van der Waals surface area (Å²) in [5.74, 6) is -0.566. The van der Waals surface area contributed by atoms with E-state index in [1.54, 1.807) is 42.9 Å². The SMILES string of the molecule is O=C(CCN1C(=O)SC(=Cc2ccc(Cl)cc2)C1=O)NCCCn1ccnc1. The summed E-state index contributed by atoms with van der Waals surface area (Å²) >= 11 is 6.73. The summed E-state index contributed by atoms with van der Waals surface area (Å²) in [5, 5.41) is 3.03. The smallest absolute Gasteiger partial charge is 0.293 e. The molecule has 1 aromatic carbocycles. The number of aryl methyl sites for hydroxylation is 1. The van der Waals surface area contributed by atoms with Crippen LogP contribution in [0.2, 0.25) is 5.02 Å². The maximum atomic E-state index is 12.4. The van der Waals surface area contributed by atoms with Crippen LogP contribution >= 0.6 is 23.4 Å². The molecule has 1 aliphatic heterocycles. The number of imidazole rings is 1. The fourth-order valence-corrected chi connectivity index (χ4v) is 3.60. The van der Waals surface area contributed by atoms with Gasteiger partial charge in [-0.2, -0.15) is 0 Å². The van der Waals surface area contributed by atoms with Gasteiger partial charge in [0.1, 0.15) is 0 Å². The van der Waals surface area contributed by atoms with Gasteiger partial charge in [-0.05, 0) is 42.0 Å². The van der Waals surface area contributed by atoms with Crippen molar-refractivity contribution in [2.24, 2.45) is 0 Å². The van der Waals surface area contributed by atoms with Crippen molar-refractivity contribution in [3.63, 3.8) is 0 Å². The third kappa shape index (κ3) is 5.46. The summed E-state index contributed by atoms with van der Waals surface area (Å²) in [5.41, 5.74) is 0.783. The lowest BCUT2D eigenvalue weighted by Crippen LogP contribution is -2.34. The van der Waals surface area contributed by atoms with E-state index in [9.17, 15) is 14.4 Å². The second kappa shape index (κ2) is 9.57. The van der Waals surface area contributed by atoms with E-state index in [0.717, 1.165) is 35.2 Å². The van der Waals surface area contributed by atoms with Crippen molar-refractivity contribution in [2.45, 2.75) is 19.4 Å². The molecule has 7 nitrogen and oxygen atoms in total. The summed E-state index contributed by atoms with van der Waals surface area (Å²) < 4.78 is 1.93. The average Bonchev–Trinajstić information content (AvgIpc) is 3.28. The average molecular weight is 419 g/mol. The Bertz CT molecular complexity index is 881. The van der Waals surface area contributed by atoms with Crippen molar-refractivity contribution in [2.75, 3.05) is 13.1 Å². The van der Waals surface area contributed by atoms with Gasteiger partial charge in [0, 0.05) is 43.5 Å². The Morgan fingerprint density at radius 3 is 2.71 bits per heavy atom. The molecule has 0 bridgehead atoms. The van der Waals surface area contributed by atoms with Gasteiger partial charge in [-0.1, -0.05) is 23.7 Å². The molecular formula is C19H19ClN4O3S. The van der Waals surface area contributed by atoms with E-state index in [1.807, 2.05) is 10.8 Å². The molecule has 0 spiro atoms. The van der Waals surface area contributed by atoms with Crippen LogP contribution in [0, 0.1) is 0 Å². The van der Waals surface area contributed by atoms with Gasteiger partial charge in [-0.25, -0.2) is 4.98 Å². The number of hydrogen-bond acceptors (Lipinski definition) is 5. The van der Waals surface area contributed by atoms with Gasteiger partial charge in [0.15, 0.2) is 0 Å². The molecule has 1 aromatic heterocycles. The number of rotatable bonds is 8. The fourth-order valence-electron chi connectivity index (χ4n) is 2.61. The highest BCUT2D eigenvalue weighted by Crippen LogP contribution is 2.32. The summed E-state index contributed by atoms with van der Waals surface area (Å²) in [6.07, 6.45) is 7.79. The Morgan fingerprint density at radius 2 is 2.00 bits per heavy atom. The molecule has 9 heteroatoms. The molecule has 146 valence electrons. The van der Waals surface area contributed by atoms with Gasteiger partial charge in [0.2, 0.25) is 5.91 Å². The zero-order chi connectivity index (χ0) is 19.9. The van der Waals surface area contributed by atoms with Crippen LogP contribution in [0.1, 0.15) is 18.4 Å². The molecule has 2 heterocycles.